The number of hydrogen-bond donors (Lipinski definition) is 1. The average molecular weight is 323 g/mol. The molecule has 0 amide bonds. The zero-order valence-corrected chi connectivity index (χ0v) is 15.9. The summed E-state index contributed by atoms with van der Waals surface area (Å²) in [5, 5.41) is 3.13. The first kappa shape index (κ1) is 17.7. The molecule has 0 spiro atoms. The summed E-state index contributed by atoms with van der Waals surface area (Å²) in [6.07, 6.45) is 0.917. The molecule has 7 heteroatoms. The Labute approximate surface area is 141 Å². The Morgan fingerprint density at radius 3 is 1.26 bits per heavy atom. The molecule has 0 atom stereocenters. The minimum atomic E-state index is -0.350. The minimum absolute atomic E-state index is 0.323. The van der Waals surface area contributed by atoms with Gasteiger partial charge in [-0.15, -0.1) is 0 Å². The van der Waals surface area contributed by atoms with Crippen LogP contribution in [0, 0.1) is 0 Å². The third kappa shape index (κ3) is 2.51. The van der Waals surface area contributed by atoms with Crippen molar-refractivity contribution < 1.29 is 18.6 Å². The van der Waals surface area contributed by atoms with Gasteiger partial charge >= 0.3 is 14.2 Å². The van der Waals surface area contributed by atoms with Crippen LogP contribution in [0.5, 0.6) is 0 Å². The molecule has 0 aliphatic carbocycles. The highest BCUT2D eigenvalue weighted by molar-refractivity contribution is 6.71. The summed E-state index contributed by atoms with van der Waals surface area (Å²) in [5.41, 5.74) is -1.40. The van der Waals surface area contributed by atoms with Crippen molar-refractivity contribution in [2.24, 2.45) is 0 Å². The molecule has 0 radical (unpaired) electrons. The summed E-state index contributed by atoms with van der Waals surface area (Å²) in [7, 11) is -0.672. The Hall–Kier alpha value is -0.0701. The van der Waals surface area contributed by atoms with Crippen molar-refractivity contribution in [3.05, 3.63) is 0 Å². The zero-order chi connectivity index (χ0) is 17.3. The second-order valence-corrected chi connectivity index (χ2v) is 9.34. The van der Waals surface area contributed by atoms with Crippen molar-refractivity contribution in [2.45, 2.75) is 89.4 Å². The van der Waals surface area contributed by atoms with E-state index in [0.717, 1.165) is 19.5 Å². The van der Waals surface area contributed by atoms with Crippen LogP contribution in [0.15, 0.2) is 0 Å². The highest BCUT2D eigenvalue weighted by Crippen LogP contribution is 2.53. The van der Waals surface area contributed by atoms with Crippen LogP contribution in [-0.2, 0) is 18.6 Å². The lowest BCUT2D eigenvalue weighted by Gasteiger charge is -2.32. The van der Waals surface area contributed by atoms with Gasteiger partial charge in [0.25, 0.3) is 0 Å². The average Bonchev–Trinajstić information content (AvgIpc) is 2.97. The van der Waals surface area contributed by atoms with Crippen LogP contribution < -0.4 is 5.32 Å². The van der Waals surface area contributed by atoms with E-state index in [0.29, 0.717) is 0 Å². The minimum Gasteiger partial charge on any atom is -0.403 e. The molecule has 5 nitrogen and oxygen atoms in total. The van der Waals surface area contributed by atoms with Crippen LogP contribution in [0.2, 0.25) is 5.21 Å². The van der Waals surface area contributed by atoms with Crippen LogP contribution in [0.3, 0.4) is 0 Å². The van der Waals surface area contributed by atoms with Crippen LogP contribution in [-0.4, -0.2) is 49.7 Å². The fourth-order valence-electron chi connectivity index (χ4n) is 3.40. The van der Waals surface area contributed by atoms with Crippen molar-refractivity contribution >= 4 is 14.2 Å². The fourth-order valence-corrected chi connectivity index (χ4v) is 3.40. The molecule has 3 aliphatic rings. The molecule has 1 N–H and O–H groups in total. The highest BCUT2D eigenvalue weighted by atomic mass is 16.7. The molecule has 3 rings (SSSR count). The molecule has 0 aromatic heterocycles. The van der Waals surface area contributed by atoms with E-state index in [1.807, 2.05) is 0 Å². The van der Waals surface area contributed by atoms with Crippen molar-refractivity contribution in [3.63, 3.8) is 0 Å². The molecule has 23 heavy (non-hydrogen) atoms. The Morgan fingerprint density at radius 2 is 1.00 bits per heavy atom. The quantitative estimate of drug-likeness (QED) is 0.791. The van der Waals surface area contributed by atoms with E-state index >= 15 is 0 Å². The molecule has 0 aromatic rings. The topological polar surface area (TPSA) is 49.0 Å². The van der Waals surface area contributed by atoms with E-state index in [4.69, 9.17) is 18.6 Å². The summed E-state index contributed by atoms with van der Waals surface area (Å²) >= 11 is 0. The van der Waals surface area contributed by atoms with Crippen LogP contribution in [0.25, 0.3) is 0 Å². The molecule has 0 bridgehead atoms. The molecule has 0 saturated carbocycles. The van der Waals surface area contributed by atoms with Gasteiger partial charge in [0.1, 0.15) is 0 Å². The first-order chi connectivity index (χ1) is 10.3. The Kier molecular flexibility index (Phi) is 3.84. The van der Waals surface area contributed by atoms with Gasteiger partial charge in [-0.2, -0.15) is 0 Å². The molecule has 3 saturated heterocycles. The van der Waals surface area contributed by atoms with Gasteiger partial charge in [0, 0.05) is 0 Å². The van der Waals surface area contributed by atoms with Gasteiger partial charge in [-0.05, 0) is 74.9 Å². The zero-order valence-electron chi connectivity index (χ0n) is 15.9. The second-order valence-electron chi connectivity index (χ2n) is 9.34. The molecular formula is C16H31B2NO4. The van der Waals surface area contributed by atoms with Gasteiger partial charge in [0.2, 0.25) is 0 Å². The fraction of sp³-hybridized carbons (Fsp3) is 1.00. The highest BCUT2D eigenvalue weighted by Gasteiger charge is 2.69. The Morgan fingerprint density at radius 1 is 0.652 bits per heavy atom. The summed E-state index contributed by atoms with van der Waals surface area (Å²) in [5.74, 6) is 0. The number of hydrogen-bond acceptors (Lipinski definition) is 5. The lowest BCUT2D eigenvalue weighted by Crippen LogP contribution is -2.50. The number of rotatable bonds is 2. The molecular weight excluding hydrogens is 292 g/mol. The predicted octanol–water partition coefficient (Wildman–Crippen LogP) is 2.44. The van der Waals surface area contributed by atoms with E-state index in [9.17, 15) is 0 Å². The Bertz CT molecular complexity index is 416. The lowest BCUT2D eigenvalue weighted by molar-refractivity contribution is 0.00578. The van der Waals surface area contributed by atoms with E-state index in [1.165, 1.54) is 0 Å². The van der Waals surface area contributed by atoms with E-state index in [1.54, 1.807) is 0 Å². The normalized spacial score (nSPS) is 33.4. The molecule has 0 aromatic carbocycles. The third-order valence-corrected chi connectivity index (χ3v) is 6.67. The van der Waals surface area contributed by atoms with E-state index < -0.39 is 0 Å². The third-order valence-electron chi connectivity index (χ3n) is 6.67. The maximum Gasteiger partial charge on any atom is 0.463 e. The van der Waals surface area contributed by atoms with Crippen LogP contribution in [0.1, 0.15) is 61.8 Å². The smallest absolute Gasteiger partial charge is 0.403 e. The molecule has 3 aliphatic heterocycles. The van der Waals surface area contributed by atoms with Crippen molar-refractivity contribution in [2.75, 3.05) is 13.1 Å². The first-order valence-electron chi connectivity index (χ1n) is 8.75. The van der Waals surface area contributed by atoms with Crippen molar-refractivity contribution in [1.29, 1.82) is 0 Å². The van der Waals surface area contributed by atoms with Crippen molar-refractivity contribution in [1.82, 2.24) is 5.32 Å². The lowest BCUT2D eigenvalue weighted by atomic mass is 9.38. The van der Waals surface area contributed by atoms with Gasteiger partial charge in [0.15, 0.2) is 0 Å². The van der Waals surface area contributed by atoms with Gasteiger partial charge in [-0.1, -0.05) is 0 Å². The summed E-state index contributed by atoms with van der Waals surface area (Å²) in [6.45, 7) is 18.4. The van der Waals surface area contributed by atoms with E-state index in [2.05, 4.69) is 60.7 Å². The first-order valence-corrected chi connectivity index (χ1v) is 8.75. The molecule has 3 heterocycles. The summed E-state index contributed by atoms with van der Waals surface area (Å²) < 4.78 is 25.5. The predicted molar refractivity (Wildman–Crippen MR) is 92.3 cm³/mol. The SMILES string of the molecule is CC1(C)OB(C2(B3OC(C)(C)C(C)(C)O3)CCNC2)OC1(C)C. The van der Waals surface area contributed by atoms with Gasteiger partial charge in [0.05, 0.1) is 27.6 Å². The molecule has 0 unspecified atom stereocenters. The maximum absolute atomic E-state index is 6.38. The van der Waals surface area contributed by atoms with Gasteiger partial charge in [-0.3, -0.25) is 0 Å². The standard InChI is InChI=1S/C16H31B2NO4/c1-12(2)13(3,4)21-17(20-12)16(9-10-19-11-16)18-22-14(5,6)15(7,8)23-18/h19H,9-11H2,1-8H3. The summed E-state index contributed by atoms with van der Waals surface area (Å²) in [6, 6.07) is 0. The molecule has 130 valence electrons. The Balaban J connectivity index is 1.91. The largest absolute Gasteiger partial charge is 0.463 e. The monoisotopic (exact) mass is 323 g/mol. The van der Waals surface area contributed by atoms with Crippen LogP contribution >= 0.6 is 0 Å². The van der Waals surface area contributed by atoms with Crippen molar-refractivity contribution in [3.8, 4) is 0 Å². The number of nitrogens with one attached hydrogen (secondary N) is 1. The molecule has 3 fully saturated rings. The second kappa shape index (κ2) is 4.98. The van der Waals surface area contributed by atoms with Crippen LogP contribution in [0.4, 0.5) is 0 Å². The maximum atomic E-state index is 6.38. The van der Waals surface area contributed by atoms with E-state index in [-0.39, 0.29) is 41.9 Å². The summed E-state index contributed by atoms with van der Waals surface area (Å²) in [4.78, 5) is 0. The van der Waals surface area contributed by atoms with Gasteiger partial charge < -0.3 is 23.9 Å². The van der Waals surface area contributed by atoms with Gasteiger partial charge in [-0.25, -0.2) is 0 Å².